The molecule has 0 saturated heterocycles. The Bertz CT molecular complexity index is 633. The topological polar surface area (TPSA) is 74.6 Å². The van der Waals surface area contributed by atoms with Gasteiger partial charge >= 0.3 is 5.97 Å². The molecule has 0 spiro atoms. The average Bonchev–Trinajstić information content (AvgIpc) is 2.83. The van der Waals surface area contributed by atoms with E-state index in [1.165, 1.54) is 25.7 Å². The van der Waals surface area contributed by atoms with Gasteiger partial charge in [0.25, 0.3) is 5.97 Å². The van der Waals surface area contributed by atoms with E-state index in [4.69, 9.17) is 15.0 Å². The number of hydrogen-bond acceptors (Lipinski definition) is 2. The Labute approximate surface area is 222 Å². The molecule has 0 amide bonds. The summed E-state index contributed by atoms with van der Waals surface area (Å²) in [5.41, 5.74) is 0. The van der Waals surface area contributed by atoms with Crippen molar-refractivity contribution in [1.82, 2.24) is 0 Å². The molecule has 2 N–H and O–H groups in total. The van der Waals surface area contributed by atoms with E-state index in [2.05, 4.69) is 93.7 Å². The fourth-order valence-electron chi connectivity index (χ4n) is 2.71. The maximum absolute atomic E-state index is 10.3. The average molecular weight is 503 g/mol. The summed E-state index contributed by atoms with van der Waals surface area (Å²) >= 11 is 0. The van der Waals surface area contributed by atoms with Crippen molar-refractivity contribution in [3.8, 4) is 0 Å². The number of unbranched alkanes of at least 4 members (excludes halogenated alkanes) is 5. The van der Waals surface area contributed by atoms with Gasteiger partial charge in [0.2, 0.25) is 0 Å². The van der Waals surface area contributed by atoms with Crippen LogP contribution in [-0.2, 0) is 9.59 Å². The van der Waals surface area contributed by atoms with Gasteiger partial charge in [0, 0.05) is 13.3 Å². The zero-order valence-electron chi connectivity index (χ0n) is 23.5. The van der Waals surface area contributed by atoms with Crippen molar-refractivity contribution < 1.29 is 19.8 Å². The van der Waals surface area contributed by atoms with Crippen LogP contribution in [-0.4, -0.2) is 22.2 Å². The van der Waals surface area contributed by atoms with Gasteiger partial charge in [-0.1, -0.05) is 93.7 Å². The maximum atomic E-state index is 10.3. The van der Waals surface area contributed by atoms with Crippen molar-refractivity contribution in [3.63, 3.8) is 0 Å². The van der Waals surface area contributed by atoms with Crippen molar-refractivity contribution in [1.29, 1.82) is 0 Å². The summed E-state index contributed by atoms with van der Waals surface area (Å²) in [6, 6.07) is 0. The Kier molecular flexibility index (Phi) is 38.9. The minimum Gasteiger partial charge on any atom is -0.481 e. The number of carboxylic acids is 2. The van der Waals surface area contributed by atoms with E-state index in [9.17, 15) is 4.79 Å². The molecule has 0 aromatic heterocycles. The van der Waals surface area contributed by atoms with Gasteiger partial charge in [-0.15, -0.1) is 0 Å². The lowest BCUT2D eigenvalue weighted by Gasteiger charge is -1.92. The molecular formula is C32H54O4. The molecule has 4 heteroatoms. The standard InChI is InChI=1S/C16H26O2.C14H24.C2H4O2/c1-2-3-4-5-6-7-8-9-10-11-12-13-14-15-16(17)18;1-3-5-7-9-11-13-14-12-10-8-6-4-2;1-2(3)4/h3-4,6-7,11-12H,2,5,8-10,13-15H2,1H3,(H,17,18);5-8,11,13H,3-4,9-10,12,14H2,1-2H3;1H3,(H,3,4)/b4-3-,7-6-,12-11+;;. The largest absolute Gasteiger partial charge is 0.481 e. The molecule has 4 nitrogen and oxygen atoms in total. The van der Waals surface area contributed by atoms with Crippen LogP contribution in [0.15, 0.2) is 72.9 Å². The summed E-state index contributed by atoms with van der Waals surface area (Å²) < 4.78 is 0. The summed E-state index contributed by atoms with van der Waals surface area (Å²) in [6.45, 7) is 7.57. The first-order valence-electron chi connectivity index (χ1n) is 13.7. The predicted molar refractivity (Wildman–Crippen MR) is 157 cm³/mol. The van der Waals surface area contributed by atoms with Gasteiger partial charge in [-0.2, -0.15) is 0 Å². The van der Waals surface area contributed by atoms with E-state index in [0.717, 1.165) is 64.7 Å². The summed E-state index contributed by atoms with van der Waals surface area (Å²) in [6.07, 6.45) is 41.2. The zero-order chi connectivity index (χ0) is 27.5. The third kappa shape index (κ3) is 53.0. The minimum atomic E-state index is -0.833. The Balaban J connectivity index is -0.000000538. The molecule has 0 aliphatic rings. The number of hydrogen-bond donors (Lipinski definition) is 2. The van der Waals surface area contributed by atoms with E-state index in [0.29, 0.717) is 0 Å². The highest BCUT2D eigenvalue weighted by Gasteiger charge is 1.92. The first-order chi connectivity index (χ1) is 17.4. The number of carbonyl (C=O) groups is 2. The first-order valence-corrected chi connectivity index (χ1v) is 13.7. The number of carboxylic acid groups (broad SMARTS) is 2. The molecule has 0 heterocycles. The van der Waals surface area contributed by atoms with Crippen LogP contribution in [0.25, 0.3) is 0 Å². The highest BCUT2D eigenvalue weighted by atomic mass is 16.4. The van der Waals surface area contributed by atoms with Crippen LogP contribution in [0.5, 0.6) is 0 Å². The second-order valence-electron chi connectivity index (χ2n) is 8.19. The van der Waals surface area contributed by atoms with Crippen LogP contribution in [0.2, 0.25) is 0 Å². The number of rotatable bonds is 19. The normalized spacial score (nSPS) is 11.6. The van der Waals surface area contributed by atoms with Gasteiger partial charge in [0.15, 0.2) is 0 Å². The maximum Gasteiger partial charge on any atom is 0.303 e. The second kappa shape index (κ2) is 36.9. The Morgan fingerprint density at radius 3 is 1.14 bits per heavy atom. The smallest absolute Gasteiger partial charge is 0.303 e. The van der Waals surface area contributed by atoms with Crippen LogP contribution in [0, 0.1) is 0 Å². The van der Waals surface area contributed by atoms with Gasteiger partial charge in [0.05, 0.1) is 0 Å². The van der Waals surface area contributed by atoms with Gasteiger partial charge in [-0.25, -0.2) is 0 Å². The molecule has 0 atom stereocenters. The van der Waals surface area contributed by atoms with E-state index in [1.807, 2.05) is 0 Å². The number of allylic oxidation sites excluding steroid dienone is 12. The van der Waals surface area contributed by atoms with E-state index in [-0.39, 0.29) is 6.42 Å². The fourth-order valence-corrected chi connectivity index (χ4v) is 2.71. The zero-order valence-corrected chi connectivity index (χ0v) is 23.5. The van der Waals surface area contributed by atoms with Crippen LogP contribution in [0.3, 0.4) is 0 Å². The van der Waals surface area contributed by atoms with Crippen molar-refractivity contribution in [3.05, 3.63) is 72.9 Å². The van der Waals surface area contributed by atoms with Crippen LogP contribution >= 0.6 is 0 Å². The van der Waals surface area contributed by atoms with Crippen LogP contribution in [0.1, 0.15) is 118 Å². The van der Waals surface area contributed by atoms with Gasteiger partial charge in [0.1, 0.15) is 0 Å². The van der Waals surface area contributed by atoms with Crippen LogP contribution in [0.4, 0.5) is 0 Å². The second-order valence-corrected chi connectivity index (χ2v) is 8.19. The lowest BCUT2D eigenvalue weighted by Crippen LogP contribution is -1.92. The lowest BCUT2D eigenvalue weighted by atomic mass is 10.2. The molecule has 0 saturated carbocycles. The molecule has 0 aromatic carbocycles. The molecule has 0 aliphatic heterocycles. The summed E-state index contributed by atoms with van der Waals surface area (Å²) in [4.78, 5) is 19.3. The fraction of sp³-hybridized carbons (Fsp3) is 0.562. The molecule has 206 valence electrons. The summed E-state index contributed by atoms with van der Waals surface area (Å²) in [5, 5.41) is 15.9. The molecule has 0 unspecified atom stereocenters. The molecule has 0 fully saturated rings. The van der Waals surface area contributed by atoms with Gasteiger partial charge < -0.3 is 10.2 Å². The summed E-state index contributed by atoms with van der Waals surface area (Å²) in [5.74, 6) is -1.54. The minimum absolute atomic E-state index is 0.276. The van der Waals surface area contributed by atoms with Gasteiger partial charge in [-0.3, -0.25) is 9.59 Å². The molecule has 0 rings (SSSR count). The number of aliphatic carboxylic acids is 2. The van der Waals surface area contributed by atoms with Crippen molar-refractivity contribution in [2.24, 2.45) is 0 Å². The molecule has 0 bridgehead atoms. The van der Waals surface area contributed by atoms with Crippen molar-refractivity contribution in [2.45, 2.75) is 118 Å². The molecular weight excluding hydrogens is 448 g/mol. The van der Waals surface area contributed by atoms with Crippen molar-refractivity contribution in [2.75, 3.05) is 0 Å². The van der Waals surface area contributed by atoms with E-state index >= 15 is 0 Å². The third-order valence-electron chi connectivity index (χ3n) is 4.50. The third-order valence-corrected chi connectivity index (χ3v) is 4.50. The van der Waals surface area contributed by atoms with E-state index < -0.39 is 11.9 Å². The Morgan fingerprint density at radius 2 is 0.778 bits per heavy atom. The van der Waals surface area contributed by atoms with Crippen LogP contribution < -0.4 is 0 Å². The van der Waals surface area contributed by atoms with Gasteiger partial charge in [-0.05, 0) is 83.5 Å². The molecule has 0 aliphatic carbocycles. The SMILES string of the molecule is CC(=O)O.CC/C=C\C/C=C\CCC/C=C/CCCC(=O)O.CCC=CCC=CCCCC=CCC. The van der Waals surface area contributed by atoms with Crippen molar-refractivity contribution >= 4 is 11.9 Å². The quantitative estimate of drug-likeness (QED) is 0.136. The highest BCUT2D eigenvalue weighted by Crippen LogP contribution is 2.02. The Morgan fingerprint density at radius 1 is 0.500 bits per heavy atom. The Hall–Kier alpha value is -2.62. The molecule has 36 heavy (non-hydrogen) atoms. The first kappa shape index (κ1) is 37.9. The predicted octanol–water partition coefficient (Wildman–Crippen LogP) is 10.0. The monoisotopic (exact) mass is 502 g/mol. The lowest BCUT2D eigenvalue weighted by molar-refractivity contribution is -0.137. The summed E-state index contributed by atoms with van der Waals surface area (Å²) in [7, 11) is 0. The molecule has 0 radical (unpaired) electrons. The molecule has 0 aromatic rings. The van der Waals surface area contributed by atoms with E-state index in [1.54, 1.807) is 0 Å². The highest BCUT2D eigenvalue weighted by molar-refractivity contribution is 5.66.